The van der Waals surface area contributed by atoms with Crippen LogP contribution in [0.2, 0.25) is 0 Å². The van der Waals surface area contributed by atoms with Crippen LogP contribution in [0.4, 0.5) is 0 Å². The largest absolute Gasteiger partial charge is 0.472 e. The molecule has 3 N–H and O–H groups in total. The monoisotopic (exact) mass is 802 g/mol. The third-order valence-electron chi connectivity index (χ3n) is 10.4. The number of ether oxygens (including phenoxy) is 2. The first kappa shape index (κ1) is 54.2. The Bertz CT molecular complexity index is 858. The Hall–Kier alpha value is -0.760. The number of carbonyl (C=O) groups excluding carboxylic acids is 1. The molecule has 0 bridgehead atoms. The van der Waals surface area contributed by atoms with Crippen molar-refractivity contribution in [2.24, 2.45) is 5.73 Å². The number of nitrogens with two attached hydrogens (primary N) is 1. The van der Waals surface area contributed by atoms with Gasteiger partial charge in [-0.15, -0.1) is 0 Å². The summed E-state index contributed by atoms with van der Waals surface area (Å²) in [6.07, 6.45) is 48.1. The quantitative estimate of drug-likeness (QED) is 0.0270. The van der Waals surface area contributed by atoms with Crippen molar-refractivity contribution in [3.05, 3.63) is 12.2 Å². The molecule has 9 heteroatoms. The number of rotatable bonds is 46. The second-order valence-electron chi connectivity index (χ2n) is 16.0. The van der Waals surface area contributed by atoms with Gasteiger partial charge in [0.05, 0.1) is 19.8 Å². The number of hydrogen-bond donors (Lipinski definition) is 2. The number of hydrogen-bond acceptors (Lipinski definition) is 7. The van der Waals surface area contributed by atoms with E-state index in [1.165, 1.54) is 186 Å². The van der Waals surface area contributed by atoms with E-state index in [1.54, 1.807) is 0 Å². The van der Waals surface area contributed by atoms with Crippen molar-refractivity contribution in [2.45, 2.75) is 245 Å². The van der Waals surface area contributed by atoms with Gasteiger partial charge in [-0.25, -0.2) is 4.57 Å². The zero-order chi connectivity index (χ0) is 40.2. The van der Waals surface area contributed by atoms with E-state index in [0.717, 1.165) is 32.1 Å². The zero-order valence-electron chi connectivity index (χ0n) is 36.4. The lowest BCUT2D eigenvalue weighted by atomic mass is 10.0. The standard InChI is InChI=1S/C46H92NO7P/c1-3-5-7-9-11-13-15-17-19-20-21-22-23-24-25-27-29-31-33-35-37-39-46(48)54-45(44-53-55(49,50)52-42-40-47)43-51-41-38-36-34-32-30-28-26-18-16-14-12-10-8-6-4-2/h16,18,45H,3-15,17,19-44,47H2,1-2H3,(H,49,50)/b18-16-. The average molecular weight is 802 g/mol. The van der Waals surface area contributed by atoms with Gasteiger partial charge >= 0.3 is 13.8 Å². The number of phosphoric ester groups is 1. The van der Waals surface area contributed by atoms with Gasteiger partial charge in [0, 0.05) is 19.6 Å². The Morgan fingerprint density at radius 2 is 0.909 bits per heavy atom. The second kappa shape index (κ2) is 44.3. The molecular formula is C46H92NO7P. The summed E-state index contributed by atoms with van der Waals surface area (Å²) in [6, 6.07) is 0. The Morgan fingerprint density at radius 1 is 0.527 bits per heavy atom. The van der Waals surface area contributed by atoms with Gasteiger partial charge in [0.1, 0.15) is 6.10 Å². The van der Waals surface area contributed by atoms with E-state index in [4.69, 9.17) is 24.3 Å². The molecule has 0 heterocycles. The Kier molecular flexibility index (Phi) is 43.7. The summed E-state index contributed by atoms with van der Waals surface area (Å²) in [5.74, 6) is -0.326. The fourth-order valence-electron chi connectivity index (χ4n) is 6.93. The summed E-state index contributed by atoms with van der Waals surface area (Å²) in [5, 5.41) is 0. The minimum Gasteiger partial charge on any atom is -0.457 e. The molecule has 0 saturated carbocycles. The summed E-state index contributed by atoms with van der Waals surface area (Å²) in [6.45, 7) is 4.95. The highest BCUT2D eigenvalue weighted by molar-refractivity contribution is 7.47. The fraction of sp³-hybridized carbons (Fsp3) is 0.935. The second-order valence-corrected chi connectivity index (χ2v) is 17.4. The third kappa shape index (κ3) is 44.2. The molecule has 0 rings (SSSR count). The smallest absolute Gasteiger partial charge is 0.457 e. The molecule has 8 nitrogen and oxygen atoms in total. The molecule has 328 valence electrons. The van der Waals surface area contributed by atoms with Crippen molar-refractivity contribution < 1.29 is 32.8 Å². The van der Waals surface area contributed by atoms with Crippen molar-refractivity contribution >= 4 is 13.8 Å². The van der Waals surface area contributed by atoms with Crippen LogP contribution in [0.25, 0.3) is 0 Å². The number of esters is 1. The van der Waals surface area contributed by atoms with Gasteiger partial charge in [-0.1, -0.05) is 206 Å². The number of unbranched alkanes of at least 4 members (excludes halogenated alkanes) is 31. The molecule has 0 radical (unpaired) electrons. The summed E-state index contributed by atoms with van der Waals surface area (Å²) in [5.41, 5.74) is 5.38. The fourth-order valence-corrected chi connectivity index (χ4v) is 7.70. The molecule has 0 spiro atoms. The van der Waals surface area contributed by atoms with Gasteiger partial charge in [0.25, 0.3) is 0 Å². The SMILES string of the molecule is CCCCCCC/C=C\CCCCCCCCOCC(COP(=O)(O)OCCN)OC(=O)CCCCCCCCCCCCCCCCCCCCCCC. The van der Waals surface area contributed by atoms with Crippen LogP contribution in [0.15, 0.2) is 12.2 Å². The normalized spacial score (nSPS) is 13.5. The predicted octanol–water partition coefficient (Wildman–Crippen LogP) is 14.3. The molecule has 0 aliphatic heterocycles. The lowest BCUT2D eigenvalue weighted by Crippen LogP contribution is -2.28. The minimum absolute atomic E-state index is 0.0932. The van der Waals surface area contributed by atoms with Gasteiger partial charge < -0.3 is 20.1 Å². The highest BCUT2D eigenvalue weighted by atomic mass is 31.2. The van der Waals surface area contributed by atoms with E-state index < -0.39 is 13.9 Å². The highest BCUT2D eigenvalue weighted by Crippen LogP contribution is 2.43. The third-order valence-corrected chi connectivity index (χ3v) is 11.4. The molecular weight excluding hydrogens is 709 g/mol. The number of carbonyl (C=O) groups is 1. The van der Waals surface area contributed by atoms with Gasteiger partial charge in [0.2, 0.25) is 0 Å². The molecule has 2 unspecified atom stereocenters. The van der Waals surface area contributed by atoms with E-state index in [-0.39, 0.29) is 32.3 Å². The zero-order valence-corrected chi connectivity index (χ0v) is 37.3. The summed E-state index contributed by atoms with van der Waals surface area (Å²) in [7, 11) is -4.27. The van der Waals surface area contributed by atoms with Crippen LogP contribution in [-0.4, -0.2) is 49.9 Å². The molecule has 0 amide bonds. The molecule has 55 heavy (non-hydrogen) atoms. The Labute approximate surface area is 341 Å². The maximum absolute atomic E-state index is 12.6. The molecule has 0 aliphatic rings. The maximum atomic E-state index is 12.6. The van der Waals surface area contributed by atoms with Crippen molar-refractivity contribution in [3.63, 3.8) is 0 Å². The lowest BCUT2D eigenvalue weighted by molar-refractivity contribution is -0.154. The first-order valence-electron chi connectivity index (χ1n) is 23.7. The summed E-state index contributed by atoms with van der Waals surface area (Å²) >= 11 is 0. The highest BCUT2D eigenvalue weighted by Gasteiger charge is 2.25. The van der Waals surface area contributed by atoms with E-state index in [1.807, 2.05) is 0 Å². The molecule has 0 aliphatic carbocycles. The molecule has 0 aromatic heterocycles. The van der Waals surface area contributed by atoms with Gasteiger partial charge in [0.15, 0.2) is 0 Å². The topological polar surface area (TPSA) is 117 Å². The summed E-state index contributed by atoms with van der Waals surface area (Å²) in [4.78, 5) is 22.5. The van der Waals surface area contributed by atoms with Crippen molar-refractivity contribution in [2.75, 3.05) is 33.0 Å². The van der Waals surface area contributed by atoms with Crippen molar-refractivity contribution in [3.8, 4) is 0 Å². The summed E-state index contributed by atoms with van der Waals surface area (Å²) < 4.78 is 33.5. The molecule has 0 aromatic carbocycles. The minimum atomic E-state index is -4.27. The van der Waals surface area contributed by atoms with E-state index in [2.05, 4.69) is 26.0 Å². The molecule has 0 saturated heterocycles. The van der Waals surface area contributed by atoms with Crippen LogP contribution < -0.4 is 5.73 Å². The number of allylic oxidation sites excluding steroid dienone is 2. The van der Waals surface area contributed by atoms with Crippen LogP contribution in [0.1, 0.15) is 239 Å². The van der Waals surface area contributed by atoms with Gasteiger partial charge in [-0.2, -0.15) is 0 Å². The van der Waals surface area contributed by atoms with E-state index >= 15 is 0 Å². The first-order chi connectivity index (χ1) is 26.9. The van der Waals surface area contributed by atoms with Gasteiger partial charge in [-0.3, -0.25) is 13.8 Å². The molecule has 0 aromatic rings. The van der Waals surface area contributed by atoms with Crippen LogP contribution in [0, 0.1) is 0 Å². The molecule has 2 atom stereocenters. The predicted molar refractivity (Wildman–Crippen MR) is 234 cm³/mol. The van der Waals surface area contributed by atoms with Crippen LogP contribution in [0.5, 0.6) is 0 Å². The van der Waals surface area contributed by atoms with E-state index in [0.29, 0.717) is 13.0 Å². The van der Waals surface area contributed by atoms with Crippen molar-refractivity contribution in [1.29, 1.82) is 0 Å². The van der Waals surface area contributed by atoms with Crippen LogP contribution >= 0.6 is 7.82 Å². The van der Waals surface area contributed by atoms with Crippen LogP contribution in [-0.2, 0) is 27.9 Å². The van der Waals surface area contributed by atoms with E-state index in [9.17, 15) is 14.3 Å². The Morgan fingerprint density at radius 3 is 1.33 bits per heavy atom. The van der Waals surface area contributed by atoms with Crippen LogP contribution in [0.3, 0.4) is 0 Å². The first-order valence-corrected chi connectivity index (χ1v) is 25.2. The van der Waals surface area contributed by atoms with Crippen molar-refractivity contribution in [1.82, 2.24) is 0 Å². The maximum Gasteiger partial charge on any atom is 0.472 e. The lowest BCUT2D eigenvalue weighted by Gasteiger charge is -2.20. The molecule has 0 fully saturated rings. The number of phosphoric acid groups is 1. The Balaban J connectivity index is 3.93. The average Bonchev–Trinajstić information content (AvgIpc) is 3.17. The van der Waals surface area contributed by atoms with Gasteiger partial charge in [-0.05, 0) is 38.5 Å².